The highest BCUT2D eigenvalue weighted by Crippen LogP contribution is 2.40. The highest BCUT2D eigenvalue weighted by Gasteiger charge is 2.36. The summed E-state index contributed by atoms with van der Waals surface area (Å²) in [5.74, 6) is 8.25. The molecule has 0 spiro atoms. The van der Waals surface area contributed by atoms with E-state index in [0.29, 0.717) is 12.1 Å². The average Bonchev–Trinajstić information content (AvgIpc) is 1.68. The fourth-order valence-corrected chi connectivity index (χ4v) is 20.0. The van der Waals surface area contributed by atoms with Gasteiger partial charge in [-0.25, -0.2) is 41.1 Å². The third-order valence-electron chi connectivity index (χ3n) is 26.0. The van der Waals surface area contributed by atoms with Crippen molar-refractivity contribution in [3.05, 3.63) is 301 Å². The number of aryl methyl sites for hydroxylation is 10. The molecule has 11 aromatic carbocycles. The molecule has 0 aliphatic heterocycles. The van der Waals surface area contributed by atoms with Crippen molar-refractivity contribution in [3.63, 3.8) is 0 Å². The van der Waals surface area contributed by atoms with Crippen LogP contribution in [0.3, 0.4) is 0 Å². The Balaban J connectivity index is 0.000000108. The fraction of sp³-hybridized carbons (Fsp3) is 0.324. The lowest BCUT2D eigenvalue weighted by Gasteiger charge is -2.21. The molecule has 0 atom stereocenters. The van der Waals surface area contributed by atoms with Gasteiger partial charge in [-0.1, -0.05) is 208 Å². The molecule has 20 rings (SSSR count). The number of benzene rings is 11. The first-order chi connectivity index (χ1) is 56.3. The van der Waals surface area contributed by atoms with Crippen LogP contribution >= 0.6 is 0 Å². The van der Waals surface area contributed by atoms with E-state index in [4.69, 9.17) is 0 Å². The maximum atomic E-state index is 2.62. The molecule has 4 fully saturated rings. The van der Waals surface area contributed by atoms with Crippen molar-refractivity contribution in [2.45, 2.75) is 175 Å². The van der Waals surface area contributed by atoms with Crippen molar-refractivity contribution in [2.24, 2.45) is 47.1 Å². The number of para-hydroxylation sites is 11. The van der Waals surface area contributed by atoms with E-state index in [1.807, 2.05) is 0 Å². The maximum Gasteiger partial charge on any atom is 0.295 e. The Labute approximate surface area is 682 Å². The van der Waals surface area contributed by atoms with E-state index < -0.39 is 0 Å². The molecule has 115 heavy (non-hydrogen) atoms. The minimum absolute atomic E-state index is 0.629. The van der Waals surface area contributed by atoms with Crippen LogP contribution in [0.2, 0.25) is 0 Å². The molecule has 0 bridgehead atoms. The van der Waals surface area contributed by atoms with Gasteiger partial charge in [0.1, 0.15) is 17.8 Å². The molecular weight excluding hydrogens is 1400 g/mol. The summed E-state index contributed by atoms with van der Waals surface area (Å²) in [6, 6.07) is 99.3. The molecule has 10 nitrogen and oxygen atoms in total. The summed E-state index contributed by atoms with van der Waals surface area (Å²) in [7, 11) is 11.0. The first kappa shape index (κ1) is 77.7. The van der Waals surface area contributed by atoms with Gasteiger partial charge in [0.25, 0.3) is 29.1 Å². The van der Waals surface area contributed by atoms with Gasteiger partial charge >= 0.3 is 0 Å². The number of nitrogens with zero attached hydrogens (tertiary/aromatic N) is 10. The van der Waals surface area contributed by atoms with Crippen LogP contribution in [-0.4, -0.2) is 22.8 Å². The second kappa shape index (κ2) is 35.2. The van der Waals surface area contributed by atoms with Gasteiger partial charge in [0, 0.05) is 0 Å². The zero-order valence-corrected chi connectivity index (χ0v) is 69.9. The van der Waals surface area contributed by atoms with E-state index in [0.717, 1.165) is 24.9 Å². The molecule has 0 radical (unpaired) electrons. The Hall–Kier alpha value is -11.2. The Bertz CT molecular complexity index is 6050. The quantitative estimate of drug-likeness (QED) is 0.109. The number of imidazole rings is 5. The molecule has 5 heterocycles. The van der Waals surface area contributed by atoms with E-state index in [1.54, 1.807) is 0 Å². The van der Waals surface area contributed by atoms with Crippen LogP contribution in [0.1, 0.15) is 155 Å². The van der Waals surface area contributed by atoms with Crippen LogP contribution in [-0.2, 0) is 48.3 Å². The van der Waals surface area contributed by atoms with Gasteiger partial charge in [-0.2, -0.15) is 4.57 Å². The van der Waals surface area contributed by atoms with E-state index in [-0.39, 0.29) is 0 Å². The molecule has 4 aliphatic carbocycles. The third kappa shape index (κ3) is 15.8. The molecule has 4 saturated carbocycles. The number of rotatable bonds is 12. The van der Waals surface area contributed by atoms with E-state index in [2.05, 4.69) is 389 Å². The second-order valence-electron chi connectivity index (χ2n) is 33.4. The van der Waals surface area contributed by atoms with Crippen LogP contribution in [0, 0.1) is 46.5 Å². The topological polar surface area (TPSA) is 44.0 Å². The summed E-state index contributed by atoms with van der Waals surface area (Å²) in [5, 5.41) is 0. The highest BCUT2D eigenvalue weighted by molar-refractivity contribution is 5.82. The zero-order valence-electron chi connectivity index (χ0n) is 69.9. The summed E-state index contributed by atoms with van der Waals surface area (Å²) in [4.78, 5) is 0. The summed E-state index contributed by atoms with van der Waals surface area (Å²) in [6.07, 6.45) is 24.5. The maximum absolute atomic E-state index is 2.62. The summed E-state index contributed by atoms with van der Waals surface area (Å²) < 4.78 is 24.5. The van der Waals surface area contributed by atoms with Crippen LogP contribution in [0.5, 0.6) is 0 Å². The standard InChI is InChI=1S/C22H27N2.2C21H25N2.C21H19N2.C20H23N2/c1-17-10-6-7-13-19(17)22-23(2)20-14-8-9-15-21(20)24(22)16-18-11-4-3-5-12-18;1-16-9-3-6-12-18(16)21-22(2)19-13-7-8-14-20(19)23(21)15-17-10-4-5-11-17;2*1-16-10-6-7-13-18(16)21-22(2)19-14-8-9-15-20(19)23(21)17-11-4-3-5-12-17;1-15-9-3-6-12-17(15)20-21(2)18-13-7-8-14-19(18)22(20)16-10-4-5-11-16/h6-10,13-15,18H,3-5,11-12,16H2,1-2H3;3,6-9,12-14,17H,4-5,10-11,15H2,1-2H3;6-10,13-15,17H,3-5,11-12H2,1-2H3;3-15H,1-2H3;3,6-9,12-14,16H,4-5,10-11H2,1-2H3/q5*+1. The van der Waals surface area contributed by atoms with E-state index >= 15 is 0 Å². The predicted molar refractivity (Wildman–Crippen MR) is 476 cm³/mol. The molecular formula is C105H119N10+5. The van der Waals surface area contributed by atoms with Crippen molar-refractivity contribution in [1.82, 2.24) is 22.8 Å². The van der Waals surface area contributed by atoms with Gasteiger partial charge in [0.15, 0.2) is 55.2 Å². The van der Waals surface area contributed by atoms with Crippen LogP contribution in [0.15, 0.2) is 273 Å². The van der Waals surface area contributed by atoms with Crippen molar-refractivity contribution in [3.8, 4) is 62.6 Å². The number of aromatic nitrogens is 10. The van der Waals surface area contributed by atoms with Gasteiger partial charge < -0.3 is 0 Å². The summed E-state index contributed by atoms with van der Waals surface area (Å²) in [6.45, 7) is 13.3. The first-order valence-electron chi connectivity index (χ1n) is 43.1. The monoisotopic (exact) mass is 1520 g/mol. The van der Waals surface area contributed by atoms with Crippen molar-refractivity contribution >= 4 is 55.2 Å². The van der Waals surface area contributed by atoms with Crippen molar-refractivity contribution < 1.29 is 22.8 Å². The van der Waals surface area contributed by atoms with Gasteiger partial charge in [-0.3, -0.25) is 0 Å². The van der Waals surface area contributed by atoms with Gasteiger partial charge in [0.05, 0.1) is 76.1 Å². The normalized spacial score (nSPS) is 14.9. The Kier molecular flexibility index (Phi) is 23.8. The molecule has 0 saturated heterocycles. The third-order valence-corrected chi connectivity index (χ3v) is 26.0. The lowest BCUT2D eigenvalue weighted by Crippen LogP contribution is -2.31. The molecule has 584 valence electrons. The minimum Gasteiger partial charge on any atom is -0.226 e. The first-order valence-corrected chi connectivity index (χ1v) is 43.1. The zero-order chi connectivity index (χ0) is 79.1. The number of hydrogen-bond acceptors (Lipinski definition) is 0. The van der Waals surface area contributed by atoms with Gasteiger partial charge in [-0.15, -0.1) is 0 Å². The molecule has 0 unspecified atom stereocenters. The fourth-order valence-electron chi connectivity index (χ4n) is 20.0. The smallest absolute Gasteiger partial charge is 0.226 e. The lowest BCUT2D eigenvalue weighted by atomic mass is 9.89. The van der Waals surface area contributed by atoms with Crippen molar-refractivity contribution in [1.29, 1.82) is 0 Å². The Morgan fingerprint density at radius 2 is 0.478 bits per heavy atom. The largest absolute Gasteiger partial charge is 0.295 e. The number of fused-ring (bicyclic) bond motifs is 5. The van der Waals surface area contributed by atoms with Gasteiger partial charge in [-0.05, 0) is 254 Å². The molecule has 5 aromatic heterocycles. The summed E-state index contributed by atoms with van der Waals surface area (Å²) >= 11 is 0. The molecule has 10 heteroatoms. The molecule has 16 aromatic rings. The van der Waals surface area contributed by atoms with E-state index in [9.17, 15) is 0 Å². The predicted octanol–water partition coefficient (Wildman–Crippen LogP) is 23.6. The average molecular weight is 1520 g/mol. The Morgan fingerprint density at radius 3 is 0.843 bits per heavy atom. The van der Waals surface area contributed by atoms with Crippen LogP contribution in [0.4, 0.5) is 0 Å². The van der Waals surface area contributed by atoms with E-state index in [1.165, 1.54) is 261 Å². The van der Waals surface area contributed by atoms with Crippen molar-refractivity contribution in [2.75, 3.05) is 0 Å². The van der Waals surface area contributed by atoms with Crippen LogP contribution < -0.4 is 22.8 Å². The Morgan fingerprint density at radius 1 is 0.235 bits per heavy atom. The minimum atomic E-state index is 0.629. The van der Waals surface area contributed by atoms with Crippen LogP contribution in [0.25, 0.3) is 118 Å². The van der Waals surface area contributed by atoms with Gasteiger partial charge in [0.2, 0.25) is 0 Å². The number of hydrogen-bond donors (Lipinski definition) is 0. The molecule has 0 N–H and O–H groups in total. The molecule has 4 aliphatic rings. The SMILES string of the molecule is Cc1ccccc1-c1n(-c2ccccc2)c2ccccc2[n+]1C.Cc1ccccc1-c1n(C2CCCC2)c2ccccc2[n+]1C.Cc1ccccc1-c1n(C2CCCCC2)c2ccccc2[n+]1C.Cc1ccccc1-c1n(CC2CCCC2)c2ccccc2[n+]1C.Cc1ccccc1-c1n(CC2CCCCC2)c2ccccc2[n+]1C. The second-order valence-corrected chi connectivity index (χ2v) is 33.4. The highest BCUT2D eigenvalue weighted by atomic mass is 15.2. The lowest BCUT2D eigenvalue weighted by molar-refractivity contribution is -0.634. The molecule has 0 amide bonds. The summed E-state index contributed by atoms with van der Waals surface area (Å²) in [5.41, 5.74) is 27.8.